The first-order valence-electron chi connectivity index (χ1n) is 6.37. The van der Waals surface area contributed by atoms with Crippen LogP contribution < -0.4 is 4.74 Å². The van der Waals surface area contributed by atoms with E-state index in [2.05, 4.69) is 6.92 Å². The van der Waals surface area contributed by atoms with E-state index < -0.39 is 31.3 Å². The van der Waals surface area contributed by atoms with Gasteiger partial charge in [0.05, 0.1) is 6.10 Å². The summed E-state index contributed by atoms with van der Waals surface area (Å²) in [4.78, 5) is -0.657. The second-order valence-corrected chi connectivity index (χ2v) is 7.69. The molecule has 1 aliphatic rings. The van der Waals surface area contributed by atoms with Gasteiger partial charge >= 0.3 is 0 Å². The first-order chi connectivity index (χ1) is 9.27. The van der Waals surface area contributed by atoms with Crippen LogP contribution in [0, 0.1) is 17.6 Å². The zero-order chi connectivity index (χ0) is 14.9. The van der Waals surface area contributed by atoms with Gasteiger partial charge in [-0.25, -0.2) is 17.2 Å². The Morgan fingerprint density at radius 3 is 2.35 bits per heavy atom. The first kappa shape index (κ1) is 15.5. The minimum absolute atomic E-state index is 0.275. The monoisotopic (exact) mass is 324 g/mol. The van der Waals surface area contributed by atoms with Crippen molar-refractivity contribution >= 4 is 19.7 Å². The molecule has 1 fully saturated rings. The molecule has 7 heteroatoms. The summed E-state index contributed by atoms with van der Waals surface area (Å²) in [6.45, 7) is 2.11. The minimum atomic E-state index is -4.27. The molecule has 0 amide bonds. The van der Waals surface area contributed by atoms with Gasteiger partial charge in [-0.05, 0) is 37.7 Å². The van der Waals surface area contributed by atoms with E-state index in [9.17, 15) is 17.2 Å². The Bertz CT molecular complexity index is 596. The Balaban J connectivity index is 2.31. The summed E-state index contributed by atoms with van der Waals surface area (Å²) >= 11 is 0. The molecule has 1 aromatic carbocycles. The fourth-order valence-corrected chi connectivity index (χ4v) is 3.31. The van der Waals surface area contributed by atoms with Gasteiger partial charge in [-0.15, -0.1) is 0 Å². The summed E-state index contributed by atoms with van der Waals surface area (Å²) < 4.78 is 55.2. The number of rotatable bonds is 3. The highest BCUT2D eigenvalue weighted by Gasteiger charge is 2.26. The molecular formula is C13H15ClF2O3S. The summed E-state index contributed by atoms with van der Waals surface area (Å²) in [5, 5.41) is 0. The minimum Gasteiger partial charge on any atom is -0.486 e. The van der Waals surface area contributed by atoms with Crippen molar-refractivity contribution in [2.24, 2.45) is 5.92 Å². The maximum absolute atomic E-state index is 13.8. The van der Waals surface area contributed by atoms with Crippen LogP contribution in [0.4, 0.5) is 8.78 Å². The molecule has 112 valence electrons. The van der Waals surface area contributed by atoms with Crippen LogP contribution >= 0.6 is 10.7 Å². The van der Waals surface area contributed by atoms with Crippen molar-refractivity contribution in [3.05, 3.63) is 23.8 Å². The molecule has 2 rings (SSSR count). The van der Waals surface area contributed by atoms with Crippen molar-refractivity contribution in [3.8, 4) is 5.75 Å². The maximum Gasteiger partial charge on any atom is 0.265 e. The lowest BCUT2D eigenvalue weighted by Gasteiger charge is -2.27. The van der Waals surface area contributed by atoms with E-state index in [1.54, 1.807) is 0 Å². The Hall–Kier alpha value is -0.880. The standard InChI is InChI=1S/C13H15ClF2O3S/c1-8-2-4-10(5-3-8)19-13-11(16)6-9(15)7-12(13)20(14,17)18/h6-8,10H,2-5H2,1H3. The predicted molar refractivity (Wildman–Crippen MR) is 71.4 cm³/mol. The van der Waals surface area contributed by atoms with Crippen LogP contribution in [0.5, 0.6) is 5.75 Å². The van der Waals surface area contributed by atoms with Crippen LogP contribution in [0.2, 0.25) is 0 Å². The number of ether oxygens (including phenoxy) is 1. The summed E-state index contributed by atoms with van der Waals surface area (Å²) in [6, 6.07) is 1.26. The summed E-state index contributed by atoms with van der Waals surface area (Å²) in [5.41, 5.74) is 0. The van der Waals surface area contributed by atoms with E-state index in [0.29, 0.717) is 30.9 Å². The van der Waals surface area contributed by atoms with Crippen molar-refractivity contribution in [2.45, 2.75) is 43.6 Å². The van der Waals surface area contributed by atoms with Crippen LogP contribution in [0.15, 0.2) is 17.0 Å². The van der Waals surface area contributed by atoms with Gasteiger partial charge in [0, 0.05) is 16.7 Å². The van der Waals surface area contributed by atoms with Crippen LogP contribution in [0.3, 0.4) is 0 Å². The Kier molecular flexibility index (Phi) is 4.54. The number of benzene rings is 1. The van der Waals surface area contributed by atoms with Gasteiger partial charge in [-0.1, -0.05) is 6.92 Å². The van der Waals surface area contributed by atoms with E-state index in [4.69, 9.17) is 15.4 Å². The van der Waals surface area contributed by atoms with Crippen LogP contribution in [0.25, 0.3) is 0 Å². The summed E-state index contributed by atoms with van der Waals surface area (Å²) in [7, 11) is 0.935. The van der Waals surface area contributed by atoms with E-state index in [-0.39, 0.29) is 6.10 Å². The van der Waals surface area contributed by atoms with Gasteiger partial charge in [0.2, 0.25) is 0 Å². The summed E-state index contributed by atoms with van der Waals surface area (Å²) in [6.07, 6.45) is 3.00. The lowest BCUT2D eigenvalue weighted by atomic mass is 9.89. The average Bonchev–Trinajstić information content (AvgIpc) is 2.33. The Morgan fingerprint density at radius 1 is 1.20 bits per heavy atom. The molecule has 0 aliphatic heterocycles. The molecule has 0 N–H and O–H groups in total. The van der Waals surface area contributed by atoms with Crippen molar-refractivity contribution in [3.63, 3.8) is 0 Å². The maximum atomic E-state index is 13.8. The smallest absolute Gasteiger partial charge is 0.265 e. The van der Waals surface area contributed by atoms with Gasteiger partial charge in [0.1, 0.15) is 10.7 Å². The Morgan fingerprint density at radius 2 is 1.80 bits per heavy atom. The third-order valence-corrected chi connectivity index (χ3v) is 4.81. The molecule has 3 nitrogen and oxygen atoms in total. The SMILES string of the molecule is CC1CCC(Oc2c(F)cc(F)cc2S(=O)(=O)Cl)CC1. The van der Waals surface area contributed by atoms with Crippen LogP contribution in [-0.2, 0) is 9.05 Å². The van der Waals surface area contributed by atoms with Gasteiger partial charge in [-0.2, -0.15) is 0 Å². The zero-order valence-corrected chi connectivity index (χ0v) is 12.5. The number of hydrogen-bond donors (Lipinski definition) is 0. The van der Waals surface area contributed by atoms with Crippen molar-refractivity contribution in [1.29, 1.82) is 0 Å². The highest BCUT2D eigenvalue weighted by atomic mass is 35.7. The van der Waals surface area contributed by atoms with Gasteiger partial charge in [0.25, 0.3) is 9.05 Å². The van der Waals surface area contributed by atoms with E-state index in [1.165, 1.54) is 0 Å². The molecule has 20 heavy (non-hydrogen) atoms. The molecule has 0 aromatic heterocycles. The molecule has 0 radical (unpaired) electrons. The van der Waals surface area contributed by atoms with Crippen LogP contribution in [0.1, 0.15) is 32.6 Å². The highest BCUT2D eigenvalue weighted by molar-refractivity contribution is 8.13. The lowest BCUT2D eigenvalue weighted by Crippen LogP contribution is -2.24. The second-order valence-electron chi connectivity index (χ2n) is 5.15. The molecule has 0 spiro atoms. The van der Waals surface area contributed by atoms with E-state index in [0.717, 1.165) is 12.8 Å². The van der Waals surface area contributed by atoms with E-state index >= 15 is 0 Å². The van der Waals surface area contributed by atoms with Gasteiger partial charge in [0.15, 0.2) is 11.6 Å². The second kappa shape index (κ2) is 5.85. The summed E-state index contributed by atoms with van der Waals surface area (Å²) in [5.74, 6) is -1.97. The first-order valence-corrected chi connectivity index (χ1v) is 8.68. The largest absolute Gasteiger partial charge is 0.486 e. The predicted octanol–water partition coefficient (Wildman–Crippen LogP) is 3.85. The molecule has 0 unspecified atom stereocenters. The molecule has 1 aliphatic carbocycles. The molecule has 1 saturated carbocycles. The van der Waals surface area contributed by atoms with Crippen molar-refractivity contribution in [1.82, 2.24) is 0 Å². The molecular weight excluding hydrogens is 310 g/mol. The van der Waals surface area contributed by atoms with Gasteiger partial charge in [-0.3, -0.25) is 0 Å². The molecule has 0 bridgehead atoms. The van der Waals surface area contributed by atoms with Gasteiger partial charge < -0.3 is 4.74 Å². The van der Waals surface area contributed by atoms with Crippen molar-refractivity contribution < 1.29 is 21.9 Å². The third kappa shape index (κ3) is 3.61. The quantitative estimate of drug-likeness (QED) is 0.793. The normalized spacial score (nSPS) is 23.6. The highest BCUT2D eigenvalue weighted by Crippen LogP contribution is 2.34. The number of halogens is 3. The fourth-order valence-electron chi connectivity index (χ4n) is 2.35. The number of hydrogen-bond acceptors (Lipinski definition) is 3. The molecule has 0 saturated heterocycles. The van der Waals surface area contributed by atoms with E-state index in [1.807, 2.05) is 0 Å². The lowest BCUT2D eigenvalue weighted by molar-refractivity contribution is 0.126. The third-order valence-electron chi connectivity index (χ3n) is 3.48. The molecule has 0 heterocycles. The average molecular weight is 325 g/mol. The topological polar surface area (TPSA) is 43.4 Å². The molecule has 1 aromatic rings. The Labute approximate surface area is 121 Å². The molecule has 0 atom stereocenters. The van der Waals surface area contributed by atoms with Crippen molar-refractivity contribution in [2.75, 3.05) is 0 Å². The fraction of sp³-hybridized carbons (Fsp3) is 0.538. The zero-order valence-electron chi connectivity index (χ0n) is 10.9. The van der Waals surface area contributed by atoms with Crippen LogP contribution in [-0.4, -0.2) is 14.5 Å².